The van der Waals surface area contributed by atoms with Gasteiger partial charge in [-0.1, -0.05) is 82.1 Å². The molecule has 0 nitrogen and oxygen atoms in total. The summed E-state index contributed by atoms with van der Waals surface area (Å²) in [7, 11) is 0. The van der Waals surface area contributed by atoms with Crippen LogP contribution in [-0.4, -0.2) is 0 Å². The first-order valence-corrected chi connectivity index (χ1v) is 10.6. The Kier molecular flexibility index (Phi) is 7.19. The van der Waals surface area contributed by atoms with Crippen LogP contribution in [0.1, 0.15) is 74.1 Å². The molecule has 152 valence electrons. The molecule has 0 aromatic heterocycles. The van der Waals surface area contributed by atoms with Gasteiger partial charge in [-0.2, -0.15) is 0 Å². The zero-order chi connectivity index (χ0) is 20.8. The van der Waals surface area contributed by atoms with Crippen molar-refractivity contribution in [2.45, 2.75) is 51.9 Å². The van der Waals surface area contributed by atoms with Gasteiger partial charge < -0.3 is 0 Å². The topological polar surface area (TPSA) is 0 Å². The summed E-state index contributed by atoms with van der Waals surface area (Å²) < 4.78 is 27.1. The molecule has 0 fully saturated rings. The lowest BCUT2D eigenvalue weighted by molar-refractivity contribution is 0.490. The average molecular weight is 393 g/mol. The van der Waals surface area contributed by atoms with Crippen LogP contribution in [0, 0.1) is 17.6 Å². The van der Waals surface area contributed by atoms with Crippen LogP contribution in [0.25, 0.3) is 0 Å². The molecular formula is C27H30F2. The molecule has 0 aliphatic rings. The third-order valence-corrected chi connectivity index (χ3v) is 6.00. The van der Waals surface area contributed by atoms with E-state index in [1.54, 1.807) is 24.3 Å². The monoisotopic (exact) mass is 392 g/mol. The van der Waals surface area contributed by atoms with Crippen LogP contribution in [0.15, 0.2) is 72.8 Å². The second-order valence-corrected chi connectivity index (χ2v) is 7.94. The maximum absolute atomic E-state index is 13.6. The number of rotatable bonds is 8. The molecule has 3 rings (SSSR count). The van der Waals surface area contributed by atoms with Crippen LogP contribution in [0.3, 0.4) is 0 Å². The van der Waals surface area contributed by atoms with E-state index in [2.05, 4.69) is 45.0 Å². The van der Waals surface area contributed by atoms with E-state index >= 15 is 0 Å². The van der Waals surface area contributed by atoms with Gasteiger partial charge in [-0.25, -0.2) is 8.78 Å². The molecule has 3 aromatic rings. The first kappa shape index (κ1) is 21.2. The summed E-state index contributed by atoms with van der Waals surface area (Å²) in [5.74, 6) is 0.402. The maximum atomic E-state index is 13.6. The Morgan fingerprint density at radius 1 is 0.690 bits per heavy atom. The number of hydrogen-bond acceptors (Lipinski definition) is 0. The van der Waals surface area contributed by atoms with Crippen molar-refractivity contribution in [3.8, 4) is 0 Å². The summed E-state index contributed by atoms with van der Waals surface area (Å²) in [6.45, 7) is 6.65. The van der Waals surface area contributed by atoms with Gasteiger partial charge in [-0.05, 0) is 58.9 Å². The average Bonchev–Trinajstić information content (AvgIpc) is 2.75. The van der Waals surface area contributed by atoms with Crippen LogP contribution in [0.2, 0.25) is 0 Å². The Morgan fingerprint density at radius 3 is 1.72 bits per heavy atom. The van der Waals surface area contributed by atoms with Gasteiger partial charge in [0, 0.05) is 11.8 Å². The van der Waals surface area contributed by atoms with Crippen LogP contribution in [0.4, 0.5) is 8.78 Å². The second kappa shape index (κ2) is 9.82. The summed E-state index contributed by atoms with van der Waals surface area (Å²) in [6.07, 6.45) is 3.07. The van der Waals surface area contributed by atoms with Gasteiger partial charge in [-0.3, -0.25) is 0 Å². The molecule has 0 bridgehead atoms. The molecule has 0 aliphatic heterocycles. The summed E-state index contributed by atoms with van der Waals surface area (Å²) in [5.41, 5.74) is 4.86. The van der Waals surface area contributed by atoms with E-state index in [9.17, 15) is 8.78 Å². The van der Waals surface area contributed by atoms with Crippen LogP contribution >= 0.6 is 0 Å². The van der Waals surface area contributed by atoms with E-state index < -0.39 is 0 Å². The second-order valence-electron chi connectivity index (χ2n) is 7.94. The third kappa shape index (κ3) is 4.93. The van der Waals surface area contributed by atoms with E-state index in [1.807, 2.05) is 24.3 Å². The summed E-state index contributed by atoms with van der Waals surface area (Å²) in [5, 5.41) is 0. The molecule has 0 spiro atoms. The molecule has 3 unspecified atom stereocenters. The third-order valence-electron chi connectivity index (χ3n) is 6.00. The van der Waals surface area contributed by atoms with Gasteiger partial charge in [0.05, 0.1) is 0 Å². The van der Waals surface area contributed by atoms with E-state index in [4.69, 9.17) is 0 Å². The predicted molar refractivity (Wildman–Crippen MR) is 117 cm³/mol. The lowest BCUT2D eigenvalue weighted by Gasteiger charge is -2.29. The Labute approximate surface area is 173 Å². The molecule has 29 heavy (non-hydrogen) atoms. The lowest BCUT2D eigenvalue weighted by atomic mass is 9.74. The molecule has 0 amide bonds. The fourth-order valence-corrected chi connectivity index (χ4v) is 4.32. The largest absolute Gasteiger partial charge is 0.207 e. The SMILES string of the molecule is CCCC(c1ccc(F)cc1)c1ccccc1C(c1ccc(F)cc1)C(C)CC. The van der Waals surface area contributed by atoms with Crippen LogP contribution in [0.5, 0.6) is 0 Å². The first-order chi connectivity index (χ1) is 14.0. The van der Waals surface area contributed by atoms with Gasteiger partial charge in [0.15, 0.2) is 0 Å². The summed E-state index contributed by atoms with van der Waals surface area (Å²) >= 11 is 0. The quantitative estimate of drug-likeness (QED) is 0.363. The highest BCUT2D eigenvalue weighted by atomic mass is 19.1. The molecule has 0 radical (unpaired) electrons. The fraction of sp³-hybridized carbons (Fsp3) is 0.333. The zero-order valence-corrected chi connectivity index (χ0v) is 17.5. The first-order valence-electron chi connectivity index (χ1n) is 10.6. The Morgan fingerprint density at radius 2 is 1.21 bits per heavy atom. The van der Waals surface area contributed by atoms with Gasteiger partial charge in [0.1, 0.15) is 11.6 Å². The Balaban J connectivity index is 2.13. The molecule has 0 heterocycles. The van der Waals surface area contributed by atoms with Gasteiger partial charge in [0.2, 0.25) is 0 Å². The van der Waals surface area contributed by atoms with Gasteiger partial charge in [-0.15, -0.1) is 0 Å². The fourth-order valence-electron chi connectivity index (χ4n) is 4.32. The van der Waals surface area contributed by atoms with Crippen molar-refractivity contribution < 1.29 is 8.78 Å². The van der Waals surface area contributed by atoms with Crippen molar-refractivity contribution in [1.82, 2.24) is 0 Å². The molecular weight excluding hydrogens is 362 g/mol. The molecule has 0 saturated carbocycles. The smallest absolute Gasteiger partial charge is 0.123 e. The van der Waals surface area contributed by atoms with Crippen molar-refractivity contribution in [3.05, 3.63) is 107 Å². The molecule has 2 heteroatoms. The normalized spacial score (nSPS) is 14.4. The van der Waals surface area contributed by atoms with Crippen LogP contribution in [-0.2, 0) is 0 Å². The van der Waals surface area contributed by atoms with E-state index in [1.165, 1.54) is 11.1 Å². The highest BCUT2D eigenvalue weighted by Gasteiger charge is 2.26. The molecule has 3 aromatic carbocycles. The number of halogens is 2. The van der Waals surface area contributed by atoms with Gasteiger partial charge >= 0.3 is 0 Å². The van der Waals surface area contributed by atoms with E-state index in [-0.39, 0.29) is 23.5 Å². The minimum atomic E-state index is -0.208. The Hall–Kier alpha value is -2.48. The summed E-state index contributed by atoms with van der Waals surface area (Å²) in [6, 6.07) is 22.4. The zero-order valence-electron chi connectivity index (χ0n) is 17.5. The van der Waals surface area contributed by atoms with Crippen molar-refractivity contribution in [2.24, 2.45) is 5.92 Å². The molecule has 0 aliphatic carbocycles. The van der Waals surface area contributed by atoms with Gasteiger partial charge in [0.25, 0.3) is 0 Å². The summed E-state index contributed by atoms with van der Waals surface area (Å²) in [4.78, 5) is 0. The lowest BCUT2D eigenvalue weighted by Crippen LogP contribution is -2.15. The molecule has 0 saturated heterocycles. The highest BCUT2D eigenvalue weighted by Crippen LogP contribution is 2.41. The van der Waals surface area contributed by atoms with E-state index in [0.717, 1.165) is 30.4 Å². The maximum Gasteiger partial charge on any atom is 0.123 e. The van der Waals surface area contributed by atoms with E-state index in [0.29, 0.717) is 5.92 Å². The van der Waals surface area contributed by atoms with Crippen molar-refractivity contribution in [2.75, 3.05) is 0 Å². The predicted octanol–water partition coefficient (Wildman–Crippen LogP) is 8.07. The minimum Gasteiger partial charge on any atom is -0.207 e. The molecule has 3 atom stereocenters. The Bertz CT molecular complexity index is 897. The standard InChI is InChI=1S/C27H30F2/c1-4-8-24(20-11-15-22(28)16-12-20)25-9-6-7-10-26(25)27(19(3)5-2)21-13-17-23(29)18-14-21/h6-7,9-19,24,27H,4-5,8H2,1-3H3. The molecule has 0 N–H and O–H groups in total. The van der Waals surface area contributed by atoms with Crippen molar-refractivity contribution in [3.63, 3.8) is 0 Å². The van der Waals surface area contributed by atoms with Crippen molar-refractivity contribution >= 4 is 0 Å². The van der Waals surface area contributed by atoms with Crippen LogP contribution < -0.4 is 0 Å². The van der Waals surface area contributed by atoms with Crippen molar-refractivity contribution in [1.29, 1.82) is 0 Å². The number of hydrogen-bond donors (Lipinski definition) is 0. The highest BCUT2D eigenvalue weighted by molar-refractivity contribution is 5.44. The number of benzene rings is 3. The minimum absolute atomic E-state index is 0.191.